The van der Waals surface area contributed by atoms with Gasteiger partial charge in [-0.25, -0.2) is 9.38 Å². The van der Waals surface area contributed by atoms with Gasteiger partial charge in [0.05, 0.1) is 13.0 Å². The van der Waals surface area contributed by atoms with Gasteiger partial charge in [0.15, 0.2) is 5.96 Å². The Morgan fingerprint density at radius 3 is 2.44 bits per heavy atom. The minimum absolute atomic E-state index is 0. The molecule has 6 nitrogen and oxygen atoms in total. The number of rotatable bonds is 9. The summed E-state index contributed by atoms with van der Waals surface area (Å²) in [5.74, 6) is -0.587. The van der Waals surface area contributed by atoms with Crippen molar-refractivity contribution in [1.29, 1.82) is 0 Å². The largest absolute Gasteiger partial charge is 0.573 e. The molecule has 0 bridgehead atoms. The fourth-order valence-corrected chi connectivity index (χ4v) is 2.64. The third-order valence-corrected chi connectivity index (χ3v) is 3.94. The van der Waals surface area contributed by atoms with Crippen LogP contribution in [0, 0.1) is 5.82 Å². The van der Waals surface area contributed by atoms with Gasteiger partial charge in [0, 0.05) is 25.2 Å². The van der Waals surface area contributed by atoms with Crippen LogP contribution in [0.25, 0.3) is 0 Å². The second-order valence-corrected chi connectivity index (χ2v) is 6.43. The number of ether oxygens (including phenoxy) is 1. The molecule has 32 heavy (non-hydrogen) atoms. The van der Waals surface area contributed by atoms with E-state index in [1.807, 2.05) is 6.92 Å². The number of nitrogens with zero attached hydrogens (tertiary/aromatic N) is 1. The first-order valence-corrected chi connectivity index (χ1v) is 9.64. The predicted octanol–water partition coefficient (Wildman–Crippen LogP) is 3.76. The van der Waals surface area contributed by atoms with E-state index in [2.05, 4.69) is 25.7 Å². The molecule has 3 N–H and O–H groups in total. The molecule has 0 radical (unpaired) electrons. The quantitative estimate of drug-likeness (QED) is 0.142. The molecule has 0 unspecified atom stereocenters. The van der Waals surface area contributed by atoms with Gasteiger partial charge in [-0.1, -0.05) is 30.3 Å². The highest BCUT2D eigenvalue weighted by atomic mass is 127. The van der Waals surface area contributed by atoms with Crippen molar-refractivity contribution < 1.29 is 27.1 Å². The molecule has 2 rings (SSSR count). The lowest BCUT2D eigenvalue weighted by Gasteiger charge is -2.14. The zero-order chi connectivity index (χ0) is 22.7. The molecule has 0 aliphatic heterocycles. The van der Waals surface area contributed by atoms with E-state index in [1.54, 1.807) is 12.1 Å². The van der Waals surface area contributed by atoms with E-state index >= 15 is 0 Å². The molecule has 0 atom stereocenters. The summed E-state index contributed by atoms with van der Waals surface area (Å²) in [6.45, 7) is 2.97. The number of para-hydroxylation sites is 1. The van der Waals surface area contributed by atoms with E-state index in [1.165, 1.54) is 36.4 Å². The van der Waals surface area contributed by atoms with Crippen LogP contribution in [0.1, 0.15) is 18.1 Å². The van der Waals surface area contributed by atoms with Crippen molar-refractivity contribution in [2.75, 3.05) is 19.6 Å². The van der Waals surface area contributed by atoms with Crippen LogP contribution < -0.4 is 20.7 Å². The summed E-state index contributed by atoms with van der Waals surface area (Å²) in [6.07, 6.45) is -4.73. The van der Waals surface area contributed by atoms with Gasteiger partial charge in [-0.2, -0.15) is 0 Å². The minimum atomic E-state index is -4.79. The smallest absolute Gasteiger partial charge is 0.405 e. The minimum Gasteiger partial charge on any atom is -0.405 e. The Kier molecular flexibility index (Phi) is 11.8. The summed E-state index contributed by atoms with van der Waals surface area (Å²) in [5, 5.41) is 8.67. The van der Waals surface area contributed by atoms with Crippen LogP contribution in [0.3, 0.4) is 0 Å². The SMILES string of the molecule is CCNC(=NCc1ccccc1OC(F)(F)F)NCCNC(=O)Cc1cccc(F)c1.I. The summed E-state index contributed by atoms with van der Waals surface area (Å²) >= 11 is 0. The molecule has 0 aliphatic rings. The average molecular weight is 568 g/mol. The van der Waals surface area contributed by atoms with Crippen LogP contribution in [-0.4, -0.2) is 37.9 Å². The van der Waals surface area contributed by atoms with Gasteiger partial charge in [-0.05, 0) is 30.7 Å². The predicted molar refractivity (Wildman–Crippen MR) is 124 cm³/mol. The zero-order valence-corrected chi connectivity index (χ0v) is 19.7. The van der Waals surface area contributed by atoms with E-state index in [-0.39, 0.29) is 60.7 Å². The second-order valence-electron chi connectivity index (χ2n) is 6.43. The molecule has 2 aromatic carbocycles. The van der Waals surface area contributed by atoms with Gasteiger partial charge in [0.1, 0.15) is 11.6 Å². The summed E-state index contributed by atoms with van der Waals surface area (Å²) in [7, 11) is 0. The fraction of sp³-hybridized carbons (Fsp3) is 0.333. The molecule has 0 fully saturated rings. The maximum atomic E-state index is 13.2. The monoisotopic (exact) mass is 568 g/mol. The van der Waals surface area contributed by atoms with E-state index in [4.69, 9.17) is 0 Å². The van der Waals surface area contributed by atoms with Crippen molar-refractivity contribution in [3.8, 4) is 5.75 Å². The van der Waals surface area contributed by atoms with Gasteiger partial charge in [-0.3, -0.25) is 4.79 Å². The lowest BCUT2D eigenvalue weighted by atomic mass is 10.1. The third-order valence-electron chi connectivity index (χ3n) is 3.94. The Hall–Kier alpha value is -2.57. The van der Waals surface area contributed by atoms with Gasteiger partial charge >= 0.3 is 6.36 Å². The molecule has 0 spiro atoms. The van der Waals surface area contributed by atoms with Crippen molar-refractivity contribution in [1.82, 2.24) is 16.0 Å². The maximum absolute atomic E-state index is 13.2. The normalized spacial score (nSPS) is 11.3. The van der Waals surface area contributed by atoms with Crippen molar-refractivity contribution in [3.05, 3.63) is 65.5 Å². The van der Waals surface area contributed by atoms with Crippen LogP contribution in [0.2, 0.25) is 0 Å². The van der Waals surface area contributed by atoms with Gasteiger partial charge in [-0.15, -0.1) is 37.1 Å². The molecule has 0 aliphatic carbocycles. The topological polar surface area (TPSA) is 74.8 Å². The Morgan fingerprint density at radius 1 is 1.03 bits per heavy atom. The lowest BCUT2D eigenvalue weighted by molar-refractivity contribution is -0.274. The van der Waals surface area contributed by atoms with Crippen LogP contribution >= 0.6 is 24.0 Å². The molecule has 0 heterocycles. The molecule has 11 heteroatoms. The molecule has 1 amide bonds. The Balaban J connectivity index is 0.00000512. The third kappa shape index (κ3) is 10.6. The fourth-order valence-electron chi connectivity index (χ4n) is 2.64. The summed E-state index contributed by atoms with van der Waals surface area (Å²) in [5.41, 5.74) is 0.848. The number of alkyl halides is 3. The van der Waals surface area contributed by atoms with Crippen LogP contribution in [0.4, 0.5) is 17.6 Å². The number of amides is 1. The molecule has 0 aromatic heterocycles. The highest BCUT2D eigenvalue weighted by Crippen LogP contribution is 2.26. The summed E-state index contributed by atoms with van der Waals surface area (Å²) in [6, 6.07) is 11.6. The number of hydrogen-bond acceptors (Lipinski definition) is 3. The van der Waals surface area contributed by atoms with E-state index in [0.717, 1.165) is 0 Å². The molecule has 0 saturated heterocycles. The van der Waals surface area contributed by atoms with Crippen molar-refractivity contribution in [3.63, 3.8) is 0 Å². The maximum Gasteiger partial charge on any atom is 0.573 e. The molecule has 0 saturated carbocycles. The van der Waals surface area contributed by atoms with Crippen molar-refractivity contribution >= 4 is 35.8 Å². The number of guanidine groups is 1. The van der Waals surface area contributed by atoms with E-state index < -0.39 is 12.2 Å². The number of halogens is 5. The number of benzene rings is 2. The zero-order valence-electron chi connectivity index (χ0n) is 17.3. The standard InChI is InChI=1S/C21H24F4N4O2.HI/c1-2-26-20(29-14-16-7-3-4-9-18(16)31-21(23,24)25)28-11-10-27-19(30)13-15-6-5-8-17(22)12-15;/h3-9,12H,2,10-11,13-14H2,1H3,(H,27,30)(H2,26,28,29);1H. The van der Waals surface area contributed by atoms with Crippen LogP contribution in [-0.2, 0) is 17.8 Å². The number of carbonyl (C=O) groups is 1. The molecule has 2 aromatic rings. The van der Waals surface area contributed by atoms with Crippen LogP contribution in [0.15, 0.2) is 53.5 Å². The first-order chi connectivity index (χ1) is 14.8. The number of carbonyl (C=O) groups excluding carboxylic acids is 1. The highest BCUT2D eigenvalue weighted by Gasteiger charge is 2.31. The van der Waals surface area contributed by atoms with Crippen LogP contribution in [0.5, 0.6) is 5.75 Å². The van der Waals surface area contributed by atoms with Gasteiger partial charge in [0.25, 0.3) is 0 Å². The van der Waals surface area contributed by atoms with Crippen molar-refractivity contribution in [2.24, 2.45) is 4.99 Å². The first kappa shape index (κ1) is 27.5. The molecular formula is C21H25F4IN4O2. The van der Waals surface area contributed by atoms with E-state index in [0.29, 0.717) is 24.6 Å². The average Bonchev–Trinajstić information content (AvgIpc) is 2.69. The summed E-state index contributed by atoms with van der Waals surface area (Å²) < 4.78 is 54.8. The van der Waals surface area contributed by atoms with E-state index in [9.17, 15) is 22.4 Å². The second kappa shape index (κ2) is 13.8. The number of aliphatic imine (C=N–C) groups is 1. The van der Waals surface area contributed by atoms with Gasteiger partial charge in [0.2, 0.25) is 5.91 Å². The first-order valence-electron chi connectivity index (χ1n) is 9.64. The molecular weight excluding hydrogens is 543 g/mol. The number of hydrogen-bond donors (Lipinski definition) is 3. The molecule has 176 valence electrons. The lowest BCUT2D eigenvalue weighted by Crippen LogP contribution is -2.41. The highest BCUT2D eigenvalue weighted by molar-refractivity contribution is 14.0. The Bertz CT molecular complexity index is 894. The van der Waals surface area contributed by atoms with Crippen molar-refractivity contribution in [2.45, 2.75) is 26.3 Å². The summed E-state index contributed by atoms with van der Waals surface area (Å²) in [4.78, 5) is 16.2. The Morgan fingerprint density at radius 2 is 1.75 bits per heavy atom. The Labute approximate surface area is 200 Å². The van der Waals surface area contributed by atoms with Gasteiger partial charge < -0.3 is 20.7 Å². The number of nitrogens with one attached hydrogen (secondary N) is 3.